The van der Waals surface area contributed by atoms with Crippen molar-refractivity contribution >= 4 is 16.1 Å². The van der Waals surface area contributed by atoms with Gasteiger partial charge in [0, 0.05) is 6.07 Å². The summed E-state index contributed by atoms with van der Waals surface area (Å²) in [5.41, 5.74) is -5.50. The second kappa shape index (κ2) is 7.65. The Kier molecular flexibility index (Phi) is 5.76. The Labute approximate surface area is 147 Å². The molecule has 0 saturated carbocycles. The van der Waals surface area contributed by atoms with Crippen molar-refractivity contribution in [3.8, 4) is 11.5 Å². The van der Waals surface area contributed by atoms with E-state index in [9.17, 15) is 26.4 Å². The molecule has 140 valence electrons. The average Bonchev–Trinajstić information content (AvgIpc) is 2.59. The summed E-state index contributed by atoms with van der Waals surface area (Å²) >= 11 is 0. The van der Waals surface area contributed by atoms with Crippen molar-refractivity contribution < 1.29 is 40.0 Å². The fourth-order valence-corrected chi connectivity index (χ4v) is 2.30. The first-order valence-corrected chi connectivity index (χ1v) is 8.45. The third kappa shape index (κ3) is 4.66. The molecule has 0 atom stereocenters. The normalized spacial score (nSPS) is 11.7. The number of esters is 1. The van der Waals surface area contributed by atoms with Gasteiger partial charge in [0.05, 0.1) is 7.11 Å². The molecule has 2 aromatic rings. The van der Waals surface area contributed by atoms with Crippen LogP contribution in [0.5, 0.6) is 11.5 Å². The molecule has 0 radical (unpaired) electrons. The Balaban J connectivity index is 2.28. The maximum absolute atomic E-state index is 12.5. The number of halogens is 3. The topological polar surface area (TPSA) is 78.9 Å². The first-order valence-electron chi connectivity index (χ1n) is 7.04. The van der Waals surface area contributed by atoms with E-state index in [-0.39, 0.29) is 12.4 Å². The Morgan fingerprint density at radius 2 is 1.73 bits per heavy atom. The number of benzene rings is 2. The van der Waals surface area contributed by atoms with Gasteiger partial charge in [-0.1, -0.05) is 30.3 Å². The number of ether oxygens (including phenoxy) is 2. The molecular weight excluding hydrogens is 377 g/mol. The maximum atomic E-state index is 12.5. The zero-order chi connectivity index (χ0) is 19.4. The van der Waals surface area contributed by atoms with Gasteiger partial charge in [-0.3, -0.25) is 0 Å². The van der Waals surface area contributed by atoms with E-state index in [1.165, 1.54) is 13.2 Å². The van der Waals surface area contributed by atoms with E-state index in [4.69, 9.17) is 9.47 Å². The standard InChI is InChI=1S/C16H13F3O6S/c1-23-12-7-8-13(14(9-12)25-26(21,22)16(17,18)19)15(20)24-10-11-5-3-2-4-6-11/h2-9H,10H2,1H3. The summed E-state index contributed by atoms with van der Waals surface area (Å²) < 4.78 is 74.0. The molecule has 0 unspecified atom stereocenters. The van der Waals surface area contributed by atoms with Crippen molar-refractivity contribution in [2.45, 2.75) is 12.1 Å². The molecule has 0 amide bonds. The predicted octanol–water partition coefficient (Wildman–Crippen LogP) is 3.28. The van der Waals surface area contributed by atoms with E-state index >= 15 is 0 Å². The van der Waals surface area contributed by atoms with Crippen LogP contribution in [0.2, 0.25) is 0 Å². The molecule has 0 N–H and O–H groups in total. The number of carbonyl (C=O) groups is 1. The fourth-order valence-electron chi connectivity index (χ4n) is 1.83. The van der Waals surface area contributed by atoms with Crippen molar-refractivity contribution in [3.63, 3.8) is 0 Å². The van der Waals surface area contributed by atoms with Crippen molar-refractivity contribution in [1.82, 2.24) is 0 Å². The lowest BCUT2D eigenvalue weighted by Gasteiger charge is -2.13. The van der Waals surface area contributed by atoms with Gasteiger partial charge in [-0.05, 0) is 17.7 Å². The number of hydrogen-bond donors (Lipinski definition) is 0. The first kappa shape index (κ1) is 19.6. The third-order valence-electron chi connectivity index (χ3n) is 3.10. The number of methoxy groups -OCH3 is 1. The molecule has 0 aromatic heterocycles. The molecule has 0 heterocycles. The van der Waals surface area contributed by atoms with E-state index < -0.39 is 32.9 Å². The maximum Gasteiger partial charge on any atom is 0.534 e. The Morgan fingerprint density at radius 1 is 1.08 bits per heavy atom. The minimum Gasteiger partial charge on any atom is -0.497 e. The quantitative estimate of drug-likeness (QED) is 0.428. The smallest absolute Gasteiger partial charge is 0.497 e. The molecule has 0 fully saturated rings. The highest BCUT2D eigenvalue weighted by atomic mass is 32.2. The van der Waals surface area contributed by atoms with E-state index in [1.807, 2.05) is 0 Å². The van der Waals surface area contributed by atoms with Crippen LogP contribution in [0.25, 0.3) is 0 Å². The molecule has 0 bridgehead atoms. The summed E-state index contributed by atoms with van der Waals surface area (Å²) in [4.78, 5) is 12.2. The molecule has 0 spiro atoms. The van der Waals surface area contributed by atoms with E-state index in [1.54, 1.807) is 30.3 Å². The molecule has 2 aromatic carbocycles. The monoisotopic (exact) mass is 390 g/mol. The summed E-state index contributed by atoms with van der Waals surface area (Å²) in [7, 11) is -4.75. The van der Waals surface area contributed by atoms with Crippen LogP contribution in [0.1, 0.15) is 15.9 Å². The Morgan fingerprint density at radius 3 is 2.31 bits per heavy atom. The van der Waals surface area contributed by atoms with Gasteiger partial charge in [0.1, 0.15) is 17.9 Å². The van der Waals surface area contributed by atoms with E-state index in [0.29, 0.717) is 5.56 Å². The van der Waals surface area contributed by atoms with Crippen molar-refractivity contribution in [2.75, 3.05) is 7.11 Å². The van der Waals surface area contributed by atoms with Gasteiger partial charge < -0.3 is 13.7 Å². The summed E-state index contributed by atoms with van der Waals surface area (Å²) in [6.07, 6.45) is 0. The van der Waals surface area contributed by atoms with Crippen LogP contribution in [0.3, 0.4) is 0 Å². The molecule has 2 rings (SSSR count). The van der Waals surface area contributed by atoms with Gasteiger partial charge in [0.15, 0.2) is 5.75 Å². The fraction of sp³-hybridized carbons (Fsp3) is 0.188. The van der Waals surface area contributed by atoms with Crippen LogP contribution in [-0.4, -0.2) is 27.0 Å². The lowest BCUT2D eigenvalue weighted by atomic mass is 10.2. The average molecular weight is 390 g/mol. The Bertz CT molecular complexity index is 879. The summed E-state index contributed by atoms with van der Waals surface area (Å²) in [5.74, 6) is -1.90. The molecule has 6 nitrogen and oxygen atoms in total. The first-order chi connectivity index (χ1) is 12.1. The van der Waals surface area contributed by atoms with E-state index in [0.717, 1.165) is 12.1 Å². The summed E-state index contributed by atoms with van der Waals surface area (Å²) in [5, 5.41) is 0. The van der Waals surface area contributed by atoms with Crippen LogP contribution >= 0.6 is 0 Å². The highest BCUT2D eigenvalue weighted by Gasteiger charge is 2.49. The molecule has 26 heavy (non-hydrogen) atoms. The van der Waals surface area contributed by atoms with Crippen LogP contribution in [0.15, 0.2) is 48.5 Å². The van der Waals surface area contributed by atoms with Gasteiger partial charge >= 0.3 is 21.6 Å². The Hall–Kier alpha value is -2.75. The molecule has 0 aliphatic rings. The highest BCUT2D eigenvalue weighted by Crippen LogP contribution is 2.32. The van der Waals surface area contributed by atoms with Crippen LogP contribution < -0.4 is 8.92 Å². The van der Waals surface area contributed by atoms with Gasteiger partial charge in [-0.25, -0.2) is 4.79 Å². The number of hydrogen-bond acceptors (Lipinski definition) is 6. The van der Waals surface area contributed by atoms with Gasteiger partial charge in [-0.15, -0.1) is 0 Å². The highest BCUT2D eigenvalue weighted by molar-refractivity contribution is 7.88. The molecular formula is C16H13F3O6S. The molecule has 10 heteroatoms. The second-order valence-corrected chi connectivity index (χ2v) is 6.44. The van der Waals surface area contributed by atoms with Crippen LogP contribution in [0, 0.1) is 0 Å². The number of rotatable bonds is 6. The summed E-state index contributed by atoms with van der Waals surface area (Å²) in [6, 6.07) is 11.7. The van der Waals surface area contributed by atoms with Crippen molar-refractivity contribution in [3.05, 3.63) is 59.7 Å². The zero-order valence-corrected chi connectivity index (χ0v) is 14.1. The number of carbonyl (C=O) groups excluding carboxylic acids is 1. The van der Waals surface area contributed by atoms with Crippen molar-refractivity contribution in [1.29, 1.82) is 0 Å². The molecule has 0 saturated heterocycles. The zero-order valence-electron chi connectivity index (χ0n) is 13.3. The van der Waals surface area contributed by atoms with Gasteiger partial charge in [0.2, 0.25) is 0 Å². The lowest BCUT2D eigenvalue weighted by Crippen LogP contribution is -2.28. The minimum absolute atomic E-state index is 0.00279. The summed E-state index contributed by atoms with van der Waals surface area (Å²) in [6.45, 7) is -0.156. The predicted molar refractivity (Wildman–Crippen MR) is 84.2 cm³/mol. The number of alkyl halides is 3. The van der Waals surface area contributed by atoms with Crippen LogP contribution in [0.4, 0.5) is 13.2 Å². The molecule has 0 aliphatic carbocycles. The van der Waals surface area contributed by atoms with Gasteiger partial charge in [0.25, 0.3) is 0 Å². The second-order valence-electron chi connectivity index (χ2n) is 4.91. The lowest BCUT2D eigenvalue weighted by molar-refractivity contribution is -0.0500. The third-order valence-corrected chi connectivity index (χ3v) is 4.07. The van der Waals surface area contributed by atoms with E-state index in [2.05, 4.69) is 4.18 Å². The molecule has 0 aliphatic heterocycles. The van der Waals surface area contributed by atoms with Crippen LogP contribution in [-0.2, 0) is 21.5 Å². The largest absolute Gasteiger partial charge is 0.534 e. The SMILES string of the molecule is COc1ccc(C(=O)OCc2ccccc2)c(OS(=O)(=O)C(F)(F)F)c1. The minimum atomic E-state index is -5.96. The van der Waals surface area contributed by atoms with Crippen molar-refractivity contribution in [2.24, 2.45) is 0 Å². The van der Waals surface area contributed by atoms with Gasteiger partial charge in [-0.2, -0.15) is 21.6 Å².